The molecule has 0 saturated carbocycles. The average Bonchev–Trinajstić information content (AvgIpc) is 3.10. The highest BCUT2D eigenvalue weighted by Crippen LogP contribution is 2.31. The van der Waals surface area contributed by atoms with Gasteiger partial charge in [0.2, 0.25) is 11.2 Å². The van der Waals surface area contributed by atoms with Gasteiger partial charge in [-0.1, -0.05) is 12.1 Å². The third kappa shape index (κ3) is 3.09. The molecule has 29 heavy (non-hydrogen) atoms. The van der Waals surface area contributed by atoms with Crippen molar-refractivity contribution in [1.82, 2.24) is 4.57 Å². The van der Waals surface area contributed by atoms with Crippen molar-refractivity contribution in [3.63, 3.8) is 0 Å². The molecule has 0 spiro atoms. The number of hydrogen-bond acceptors (Lipinski definition) is 0. The van der Waals surface area contributed by atoms with Crippen LogP contribution in [-0.2, 0) is 7.05 Å². The first-order chi connectivity index (χ1) is 13.9. The Morgan fingerprint density at radius 2 is 1.79 bits per heavy atom. The number of benzene rings is 2. The lowest BCUT2D eigenvalue weighted by Crippen LogP contribution is -2.36. The molecule has 0 unspecified atom stereocenters. The summed E-state index contributed by atoms with van der Waals surface area (Å²) in [4.78, 5) is 3.80. The number of pyridine rings is 1. The molecule has 4 nitrogen and oxygen atoms in total. The molecule has 4 heteroatoms. The van der Waals surface area contributed by atoms with Gasteiger partial charge in [-0.15, -0.1) is 0 Å². The van der Waals surface area contributed by atoms with E-state index in [0.717, 1.165) is 33.8 Å². The van der Waals surface area contributed by atoms with Crippen LogP contribution in [0.15, 0.2) is 60.9 Å². The van der Waals surface area contributed by atoms with Crippen molar-refractivity contribution in [3.05, 3.63) is 83.6 Å². The van der Waals surface area contributed by atoms with E-state index < -0.39 is 0 Å². The van der Waals surface area contributed by atoms with E-state index in [1.165, 1.54) is 5.39 Å². The summed E-state index contributed by atoms with van der Waals surface area (Å²) in [5, 5.41) is 1.18. The van der Waals surface area contributed by atoms with E-state index in [-0.39, 0.29) is 0 Å². The zero-order valence-corrected chi connectivity index (χ0v) is 17.6. The van der Waals surface area contributed by atoms with E-state index in [1.807, 2.05) is 12.1 Å². The molecule has 0 saturated heterocycles. The minimum absolute atomic E-state index is 0.331. The number of aromatic nitrogens is 3. The van der Waals surface area contributed by atoms with Crippen molar-refractivity contribution in [3.8, 4) is 17.1 Å². The Morgan fingerprint density at radius 3 is 2.52 bits per heavy atom. The van der Waals surface area contributed by atoms with Crippen molar-refractivity contribution in [2.75, 3.05) is 0 Å². The molecular weight excluding hydrogens is 356 g/mol. The second-order valence-corrected chi connectivity index (χ2v) is 7.85. The summed E-state index contributed by atoms with van der Waals surface area (Å²) in [6.07, 6.45) is 4.19. The molecule has 0 bridgehead atoms. The first-order valence-corrected chi connectivity index (χ1v) is 9.92. The van der Waals surface area contributed by atoms with Crippen LogP contribution in [0, 0.1) is 20.4 Å². The number of fused-ring (bicyclic) bond motifs is 1. The molecule has 0 aliphatic rings. The number of rotatable bonds is 3. The largest absolute Gasteiger partial charge is 0.288 e. The molecule has 2 aromatic heterocycles. The lowest BCUT2D eigenvalue weighted by molar-refractivity contribution is -0.659. The van der Waals surface area contributed by atoms with Gasteiger partial charge in [0, 0.05) is 36.1 Å². The fourth-order valence-electron chi connectivity index (χ4n) is 4.08. The van der Waals surface area contributed by atoms with E-state index in [4.69, 9.17) is 6.57 Å². The number of para-hydroxylation sites is 1. The standard InChI is InChI=1S/C25H26N4/c1-17(2)28-14-13-27(6)25(28)22-15-21(26-5)16-24(19(22)4)29-18(3)11-12-20-9-7-8-10-23(20)29/h7-17H,1-4,6H3/q+2. The van der Waals surface area contributed by atoms with Crippen molar-refractivity contribution < 1.29 is 9.13 Å². The Hall–Kier alpha value is -3.45. The minimum Gasteiger partial charge on any atom is -0.238 e. The van der Waals surface area contributed by atoms with Crippen LogP contribution in [0.1, 0.15) is 31.1 Å². The van der Waals surface area contributed by atoms with Gasteiger partial charge in [0.05, 0.1) is 25.2 Å². The van der Waals surface area contributed by atoms with E-state index >= 15 is 0 Å². The molecule has 0 fully saturated rings. The predicted octanol–water partition coefficient (Wildman–Crippen LogP) is 5.16. The van der Waals surface area contributed by atoms with Crippen LogP contribution in [0.3, 0.4) is 0 Å². The van der Waals surface area contributed by atoms with E-state index in [2.05, 4.69) is 102 Å². The number of aryl methyl sites for hydroxylation is 2. The Kier molecular flexibility index (Phi) is 4.68. The summed E-state index contributed by atoms with van der Waals surface area (Å²) in [6, 6.07) is 17.0. The third-order valence-corrected chi connectivity index (χ3v) is 5.60. The van der Waals surface area contributed by atoms with E-state index in [9.17, 15) is 0 Å². The lowest BCUT2D eigenvalue weighted by atomic mass is 10.0. The molecule has 144 valence electrons. The van der Waals surface area contributed by atoms with Gasteiger partial charge < -0.3 is 0 Å². The van der Waals surface area contributed by atoms with Crippen LogP contribution in [0.25, 0.3) is 32.8 Å². The van der Waals surface area contributed by atoms with Gasteiger partial charge in [-0.2, -0.15) is 4.57 Å². The molecule has 0 atom stereocenters. The first kappa shape index (κ1) is 18.9. The van der Waals surface area contributed by atoms with E-state index in [0.29, 0.717) is 11.7 Å². The first-order valence-electron chi connectivity index (χ1n) is 9.92. The molecule has 0 N–H and O–H groups in total. The van der Waals surface area contributed by atoms with Gasteiger partial charge in [0.15, 0.2) is 11.4 Å². The molecule has 4 rings (SSSR count). The smallest absolute Gasteiger partial charge is 0.238 e. The fraction of sp³-hybridized carbons (Fsp3) is 0.240. The van der Waals surface area contributed by atoms with Crippen LogP contribution in [-0.4, -0.2) is 4.57 Å². The van der Waals surface area contributed by atoms with Gasteiger partial charge in [0.1, 0.15) is 12.4 Å². The summed E-state index contributed by atoms with van der Waals surface area (Å²) in [6.45, 7) is 16.3. The van der Waals surface area contributed by atoms with Crippen LogP contribution in [0.5, 0.6) is 0 Å². The second kappa shape index (κ2) is 7.18. The Morgan fingerprint density at radius 1 is 1.03 bits per heavy atom. The average molecular weight is 383 g/mol. The number of imidazole rings is 1. The van der Waals surface area contributed by atoms with Crippen LogP contribution >= 0.6 is 0 Å². The Labute approximate surface area is 172 Å². The maximum absolute atomic E-state index is 7.71. The monoisotopic (exact) mass is 382 g/mol. The minimum atomic E-state index is 0.331. The Bertz CT molecular complexity index is 1270. The number of nitrogens with zero attached hydrogens (tertiary/aromatic N) is 4. The topological polar surface area (TPSA) is 17.0 Å². The quantitative estimate of drug-likeness (QED) is 0.344. The molecule has 0 radical (unpaired) electrons. The maximum atomic E-state index is 7.71. The molecule has 0 amide bonds. The van der Waals surface area contributed by atoms with Crippen molar-refractivity contribution in [1.29, 1.82) is 0 Å². The van der Waals surface area contributed by atoms with Crippen LogP contribution < -0.4 is 9.13 Å². The van der Waals surface area contributed by atoms with Crippen molar-refractivity contribution >= 4 is 16.6 Å². The summed E-state index contributed by atoms with van der Waals surface area (Å²) >= 11 is 0. The summed E-state index contributed by atoms with van der Waals surface area (Å²) in [5.41, 5.74) is 6.25. The molecule has 2 aromatic carbocycles. The van der Waals surface area contributed by atoms with Crippen molar-refractivity contribution in [2.24, 2.45) is 7.05 Å². The van der Waals surface area contributed by atoms with Crippen LogP contribution in [0.4, 0.5) is 5.69 Å². The van der Waals surface area contributed by atoms with Gasteiger partial charge in [-0.05, 0) is 39.0 Å². The number of hydrogen-bond donors (Lipinski definition) is 0. The highest BCUT2D eigenvalue weighted by Gasteiger charge is 2.27. The SMILES string of the molecule is [C-]#[N+]c1cc(-c2n(C(C)C)cc[n+]2C)c(C)c(-[n+]2c(C)ccc3ccccc32)c1. The second-order valence-electron chi connectivity index (χ2n) is 7.85. The van der Waals surface area contributed by atoms with Gasteiger partial charge in [0.25, 0.3) is 5.82 Å². The highest BCUT2D eigenvalue weighted by molar-refractivity contribution is 5.77. The van der Waals surface area contributed by atoms with Gasteiger partial charge in [-0.25, -0.2) is 14.0 Å². The lowest BCUT2D eigenvalue weighted by Gasteiger charge is -2.12. The summed E-state index contributed by atoms with van der Waals surface area (Å²) < 4.78 is 6.67. The zero-order valence-electron chi connectivity index (χ0n) is 17.6. The van der Waals surface area contributed by atoms with Crippen LogP contribution in [0.2, 0.25) is 0 Å². The highest BCUT2D eigenvalue weighted by atomic mass is 15.1. The predicted molar refractivity (Wildman–Crippen MR) is 116 cm³/mol. The molecule has 0 aliphatic heterocycles. The zero-order chi connectivity index (χ0) is 20.7. The Balaban J connectivity index is 2.10. The molecule has 0 aliphatic carbocycles. The fourth-order valence-corrected chi connectivity index (χ4v) is 4.08. The maximum Gasteiger partial charge on any atom is 0.288 e. The normalized spacial score (nSPS) is 11.2. The molecule has 2 heterocycles. The van der Waals surface area contributed by atoms with Gasteiger partial charge >= 0.3 is 0 Å². The van der Waals surface area contributed by atoms with Gasteiger partial charge in [-0.3, -0.25) is 0 Å². The molecular formula is C25H26N4+2. The summed E-state index contributed by atoms with van der Waals surface area (Å²) in [5.74, 6) is 1.11. The third-order valence-electron chi connectivity index (χ3n) is 5.60. The molecule has 4 aromatic rings. The van der Waals surface area contributed by atoms with Crippen molar-refractivity contribution in [2.45, 2.75) is 33.7 Å². The summed E-state index contributed by atoms with van der Waals surface area (Å²) in [7, 11) is 2.06. The van der Waals surface area contributed by atoms with E-state index in [1.54, 1.807) is 0 Å².